The number of nitrogens with zero attached hydrogens (tertiary/aromatic N) is 3. The van der Waals surface area contributed by atoms with Crippen molar-refractivity contribution in [3.63, 3.8) is 0 Å². The van der Waals surface area contributed by atoms with Crippen LogP contribution in [-0.2, 0) is 6.54 Å². The Labute approximate surface area is 118 Å². The van der Waals surface area contributed by atoms with E-state index in [1.807, 2.05) is 36.7 Å². The molecule has 0 atom stereocenters. The summed E-state index contributed by atoms with van der Waals surface area (Å²) in [6.07, 6.45) is 1.09. The third kappa shape index (κ3) is 3.33. The summed E-state index contributed by atoms with van der Waals surface area (Å²) in [6, 6.07) is 5.81. The van der Waals surface area contributed by atoms with Crippen LogP contribution in [0.25, 0.3) is 5.82 Å². The van der Waals surface area contributed by atoms with Gasteiger partial charge in [0.1, 0.15) is 0 Å². The molecule has 2 heterocycles. The van der Waals surface area contributed by atoms with Crippen LogP contribution in [0, 0.1) is 13.8 Å². The fourth-order valence-corrected chi connectivity index (χ4v) is 2.13. The Bertz CT molecular complexity index is 563. The number of pyridine rings is 1. The van der Waals surface area contributed by atoms with Crippen molar-refractivity contribution in [2.24, 2.45) is 0 Å². The summed E-state index contributed by atoms with van der Waals surface area (Å²) >= 11 is 6.18. The van der Waals surface area contributed by atoms with Gasteiger partial charge in [0, 0.05) is 12.2 Å². The lowest BCUT2D eigenvalue weighted by molar-refractivity contribution is 0.660. The molecule has 0 saturated carbocycles. The van der Waals surface area contributed by atoms with Crippen LogP contribution in [0.15, 0.2) is 18.2 Å². The van der Waals surface area contributed by atoms with Crippen molar-refractivity contribution in [3.8, 4) is 5.82 Å². The van der Waals surface area contributed by atoms with Crippen molar-refractivity contribution >= 4 is 11.6 Å². The van der Waals surface area contributed by atoms with Crippen molar-refractivity contribution < 1.29 is 0 Å². The van der Waals surface area contributed by atoms with Crippen LogP contribution in [0.1, 0.15) is 30.4 Å². The van der Waals surface area contributed by atoms with E-state index in [2.05, 4.69) is 22.3 Å². The Balaban J connectivity index is 2.27. The van der Waals surface area contributed by atoms with Gasteiger partial charge in [-0.25, -0.2) is 9.67 Å². The van der Waals surface area contributed by atoms with Gasteiger partial charge in [-0.2, -0.15) is 5.10 Å². The predicted octanol–water partition coefficient (Wildman–Crippen LogP) is 3.04. The number of nitrogens with one attached hydrogen (secondary N) is 1. The van der Waals surface area contributed by atoms with E-state index in [1.54, 1.807) is 0 Å². The van der Waals surface area contributed by atoms with Gasteiger partial charge in [-0.1, -0.05) is 18.5 Å². The van der Waals surface area contributed by atoms with E-state index in [-0.39, 0.29) is 0 Å². The average molecular weight is 279 g/mol. The Morgan fingerprint density at radius 2 is 2.11 bits per heavy atom. The van der Waals surface area contributed by atoms with Crippen LogP contribution in [0.5, 0.6) is 0 Å². The second-order valence-corrected chi connectivity index (χ2v) is 5.02. The van der Waals surface area contributed by atoms with Gasteiger partial charge in [0.25, 0.3) is 0 Å². The van der Waals surface area contributed by atoms with Crippen LogP contribution in [0.4, 0.5) is 0 Å². The van der Waals surface area contributed by atoms with E-state index in [0.29, 0.717) is 11.6 Å². The maximum Gasteiger partial charge on any atom is 0.154 e. The summed E-state index contributed by atoms with van der Waals surface area (Å²) < 4.78 is 1.84. The fourth-order valence-electron chi connectivity index (χ4n) is 1.96. The number of aryl methyl sites for hydroxylation is 2. The topological polar surface area (TPSA) is 42.7 Å². The second-order valence-electron chi connectivity index (χ2n) is 4.61. The highest BCUT2D eigenvalue weighted by Gasteiger charge is 2.08. The summed E-state index contributed by atoms with van der Waals surface area (Å²) in [6.45, 7) is 7.77. The number of rotatable bonds is 5. The van der Waals surface area contributed by atoms with Crippen molar-refractivity contribution in [2.45, 2.75) is 33.7 Å². The molecule has 0 saturated heterocycles. The molecule has 1 N–H and O–H groups in total. The van der Waals surface area contributed by atoms with E-state index >= 15 is 0 Å². The molecule has 102 valence electrons. The van der Waals surface area contributed by atoms with Gasteiger partial charge < -0.3 is 5.32 Å². The van der Waals surface area contributed by atoms with Crippen molar-refractivity contribution in [1.82, 2.24) is 20.1 Å². The van der Waals surface area contributed by atoms with E-state index in [4.69, 9.17) is 11.6 Å². The molecule has 0 radical (unpaired) electrons. The molecule has 0 unspecified atom stereocenters. The number of halogens is 1. The third-order valence-electron chi connectivity index (χ3n) is 2.85. The molecule has 0 aliphatic rings. The zero-order chi connectivity index (χ0) is 13.8. The molecule has 4 nitrogen and oxygen atoms in total. The molecule has 5 heteroatoms. The smallest absolute Gasteiger partial charge is 0.154 e. The zero-order valence-corrected chi connectivity index (χ0v) is 12.3. The SMILES string of the molecule is CCCNCc1nc(-n2nc(C)cc2C)ccc1Cl. The zero-order valence-electron chi connectivity index (χ0n) is 11.6. The summed E-state index contributed by atoms with van der Waals surface area (Å²) in [5.41, 5.74) is 2.92. The minimum absolute atomic E-state index is 0.680. The fraction of sp³-hybridized carbons (Fsp3) is 0.429. The van der Waals surface area contributed by atoms with Gasteiger partial charge >= 0.3 is 0 Å². The minimum Gasteiger partial charge on any atom is -0.311 e. The number of hydrogen-bond donors (Lipinski definition) is 1. The molecule has 2 aromatic rings. The van der Waals surface area contributed by atoms with Gasteiger partial charge in [-0.3, -0.25) is 0 Å². The summed E-state index contributed by atoms with van der Waals surface area (Å²) in [5.74, 6) is 0.809. The van der Waals surface area contributed by atoms with Crippen LogP contribution >= 0.6 is 11.6 Å². The van der Waals surface area contributed by atoms with Gasteiger partial charge in [-0.05, 0) is 45.0 Å². The van der Waals surface area contributed by atoms with Gasteiger partial charge in [-0.15, -0.1) is 0 Å². The highest BCUT2D eigenvalue weighted by molar-refractivity contribution is 6.31. The Morgan fingerprint density at radius 1 is 1.32 bits per heavy atom. The van der Waals surface area contributed by atoms with Crippen molar-refractivity contribution in [1.29, 1.82) is 0 Å². The molecule has 19 heavy (non-hydrogen) atoms. The molecule has 0 aromatic carbocycles. The van der Waals surface area contributed by atoms with Gasteiger partial charge in [0.2, 0.25) is 0 Å². The molecular formula is C14H19ClN4. The van der Waals surface area contributed by atoms with Gasteiger partial charge in [0.05, 0.1) is 16.4 Å². The first-order valence-corrected chi connectivity index (χ1v) is 6.89. The average Bonchev–Trinajstić information content (AvgIpc) is 2.71. The molecule has 0 aliphatic heterocycles. The third-order valence-corrected chi connectivity index (χ3v) is 3.19. The molecule has 2 aromatic heterocycles. The first-order chi connectivity index (χ1) is 9.11. The molecule has 2 rings (SSSR count). The maximum atomic E-state index is 6.18. The number of aromatic nitrogens is 3. The monoisotopic (exact) mass is 278 g/mol. The highest BCUT2D eigenvalue weighted by atomic mass is 35.5. The summed E-state index contributed by atoms with van der Waals surface area (Å²) in [7, 11) is 0. The quantitative estimate of drug-likeness (QED) is 0.855. The molecule has 0 bridgehead atoms. The molecule has 0 aliphatic carbocycles. The van der Waals surface area contributed by atoms with E-state index in [1.165, 1.54) is 0 Å². The Hall–Kier alpha value is -1.39. The van der Waals surface area contributed by atoms with Gasteiger partial charge in [0.15, 0.2) is 5.82 Å². The Kier molecular flexibility index (Phi) is 4.56. The van der Waals surface area contributed by atoms with E-state index in [9.17, 15) is 0 Å². The number of hydrogen-bond acceptors (Lipinski definition) is 3. The normalized spacial score (nSPS) is 10.9. The lowest BCUT2D eigenvalue weighted by Gasteiger charge is -2.09. The highest BCUT2D eigenvalue weighted by Crippen LogP contribution is 2.17. The second kappa shape index (κ2) is 6.17. The molecule has 0 spiro atoms. The maximum absolute atomic E-state index is 6.18. The van der Waals surface area contributed by atoms with Crippen LogP contribution in [0.2, 0.25) is 5.02 Å². The van der Waals surface area contributed by atoms with Crippen LogP contribution in [0.3, 0.4) is 0 Å². The van der Waals surface area contributed by atoms with Crippen molar-refractivity contribution in [2.75, 3.05) is 6.54 Å². The minimum atomic E-state index is 0.680. The standard InChI is InChI=1S/C14H19ClN4/c1-4-7-16-9-13-12(15)5-6-14(17-13)19-11(3)8-10(2)18-19/h5-6,8,16H,4,7,9H2,1-3H3. The van der Waals surface area contributed by atoms with E-state index < -0.39 is 0 Å². The summed E-state index contributed by atoms with van der Waals surface area (Å²) in [4.78, 5) is 4.59. The first-order valence-electron chi connectivity index (χ1n) is 6.51. The molecular weight excluding hydrogens is 260 g/mol. The van der Waals surface area contributed by atoms with Crippen molar-refractivity contribution in [3.05, 3.63) is 40.3 Å². The summed E-state index contributed by atoms with van der Waals surface area (Å²) in [5, 5.41) is 8.44. The lowest BCUT2D eigenvalue weighted by atomic mass is 10.3. The largest absolute Gasteiger partial charge is 0.311 e. The lowest BCUT2D eigenvalue weighted by Crippen LogP contribution is -2.16. The molecule has 0 fully saturated rings. The van der Waals surface area contributed by atoms with E-state index in [0.717, 1.165) is 35.9 Å². The van der Waals surface area contributed by atoms with Crippen LogP contribution < -0.4 is 5.32 Å². The molecule has 0 amide bonds. The predicted molar refractivity (Wildman–Crippen MR) is 77.8 cm³/mol. The Morgan fingerprint density at radius 3 is 2.74 bits per heavy atom. The van der Waals surface area contributed by atoms with Crippen LogP contribution in [-0.4, -0.2) is 21.3 Å². The first kappa shape index (κ1) is 14.0.